The van der Waals surface area contributed by atoms with E-state index in [1.54, 1.807) is 18.2 Å². The van der Waals surface area contributed by atoms with Gasteiger partial charge in [-0.1, -0.05) is 26.0 Å². The quantitative estimate of drug-likeness (QED) is 0.713. The molecule has 2 aromatic rings. The van der Waals surface area contributed by atoms with Crippen molar-refractivity contribution in [3.8, 4) is 17.2 Å². The number of carbonyl (C=O) groups is 2. The van der Waals surface area contributed by atoms with Crippen LogP contribution < -0.4 is 19.5 Å². The molecule has 0 spiro atoms. The van der Waals surface area contributed by atoms with Crippen molar-refractivity contribution < 1.29 is 28.5 Å². The molecule has 2 aromatic carbocycles. The van der Waals surface area contributed by atoms with Gasteiger partial charge < -0.3 is 24.3 Å². The van der Waals surface area contributed by atoms with Crippen LogP contribution in [0.1, 0.15) is 37.8 Å². The van der Waals surface area contributed by atoms with Crippen molar-refractivity contribution in [3.63, 3.8) is 0 Å². The van der Waals surface area contributed by atoms with Crippen LogP contribution in [0.5, 0.6) is 17.2 Å². The lowest BCUT2D eigenvalue weighted by Gasteiger charge is -2.15. The first-order chi connectivity index (χ1) is 13.8. The average molecular weight is 399 g/mol. The minimum absolute atomic E-state index is 0.153. The molecular formula is C22H25NO6. The molecule has 154 valence electrons. The number of nitrogens with one attached hydrogen (secondary N) is 1. The van der Waals surface area contributed by atoms with Crippen molar-refractivity contribution in [3.05, 3.63) is 47.5 Å². The largest absolute Gasteiger partial charge is 0.482 e. The normalized spacial score (nSPS) is 13.1. The van der Waals surface area contributed by atoms with E-state index < -0.39 is 18.0 Å². The molecule has 3 rings (SSSR count). The van der Waals surface area contributed by atoms with Gasteiger partial charge in [-0.05, 0) is 49.1 Å². The molecule has 0 aromatic heterocycles. The topological polar surface area (TPSA) is 83.1 Å². The maximum absolute atomic E-state index is 12.3. The zero-order chi connectivity index (χ0) is 21.0. The van der Waals surface area contributed by atoms with Crippen LogP contribution in [0.25, 0.3) is 0 Å². The maximum Gasteiger partial charge on any atom is 0.344 e. The van der Waals surface area contributed by atoms with E-state index in [2.05, 4.69) is 19.2 Å². The number of hydrogen-bond donors (Lipinski definition) is 1. The van der Waals surface area contributed by atoms with E-state index in [4.69, 9.17) is 18.9 Å². The number of amides is 1. The van der Waals surface area contributed by atoms with Crippen molar-refractivity contribution in [2.75, 3.05) is 18.7 Å². The molecule has 7 heteroatoms. The van der Waals surface area contributed by atoms with Crippen molar-refractivity contribution in [1.29, 1.82) is 0 Å². The molecule has 1 atom stereocenters. The first-order valence-electron chi connectivity index (χ1n) is 9.47. The molecule has 1 N–H and O–H groups in total. The van der Waals surface area contributed by atoms with Gasteiger partial charge in [-0.25, -0.2) is 4.79 Å². The van der Waals surface area contributed by atoms with E-state index in [-0.39, 0.29) is 13.4 Å². The lowest BCUT2D eigenvalue weighted by Crippen LogP contribution is -2.31. The number of rotatable bonds is 7. The number of carbonyl (C=O) groups excluding carboxylic acids is 2. The SMILES string of the molecule is Cc1ccc(C(C)C)cc1OCC(=O)O[C@H](C)C(=O)Nc1ccc2c(c1)OCO2. The summed E-state index contributed by atoms with van der Waals surface area (Å²) >= 11 is 0. The Balaban J connectivity index is 1.51. The standard InChI is InChI=1S/C22H25NO6/c1-13(2)16-6-5-14(3)19(9-16)26-11-21(24)29-15(4)22(25)23-17-7-8-18-20(10-17)28-12-27-18/h5-10,13,15H,11-12H2,1-4H3,(H,23,25)/t15-/m1/s1. The third-order valence-electron chi connectivity index (χ3n) is 4.54. The first kappa shape index (κ1) is 20.5. The number of esters is 1. The van der Waals surface area contributed by atoms with Crippen molar-refractivity contribution >= 4 is 17.6 Å². The number of ether oxygens (including phenoxy) is 4. The summed E-state index contributed by atoms with van der Waals surface area (Å²) in [6.45, 7) is 7.47. The number of anilines is 1. The Morgan fingerprint density at radius 1 is 1.07 bits per heavy atom. The highest BCUT2D eigenvalue weighted by Crippen LogP contribution is 2.34. The van der Waals surface area contributed by atoms with E-state index in [0.29, 0.717) is 28.9 Å². The Morgan fingerprint density at radius 3 is 2.59 bits per heavy atom. The zero-order valence-corrected chi connectivity index (χ0v) is 17.0. The number of benzene rings is 2. The Kier molecular flexibility index (Phi) is 6.26. The number of fused-ring (bicyclic) bond motifs is 1. The van der Waals surface area contributed by atoms with Gasteiger partial charge in [-0.2, -0.15) is 0 Å². The number of hydrogen-bond acceptors (Lipinski definition) is 6. The molecule has 1 aliphatic heterocycles. The molecule has 0 unspecified atom stereocenters. The Bertz CT molecular complexity index is 908. The highest BCUT2D eigenvalue weighted by molar-refractivity contribution is 5.95. The average Bonchev–Trinajstić information content (AvgIpc) is 3.14. The van der Waals surface area contributed by atoms with Crippen molar-refractivity contribution in [1.82, 2.24) is 0 Å². The van der Waals surface area contributed by atoms with Crippen LogP contribution in [0, 0.1) is 6.92 Å². The Morgan fingerprint density at radius 2 is 1.83 bits per heavy atom. The second kappa shape index (κ2) is 8.86. The maximum atomic E-state index is 12.3. The minimum atomic E-state index is -0.973. The molecule has 0 saturated heterocycles. The molecule has 7 nitrogen and oxygen atoms in total. The second-order valence-electron chi connectivity index (χ2n) is 7.16. The summed E-state index contributed by atoms with van der Waals surface area (Å²) < 4.78 is 21.3. The van der Waals surface area contributed by atoms with Gasteiger partial charge in [0.25, 0.3) is 5.91 Å². The van der Waals surface area contributed by atoms with Gasteiger partial charge in [0, 0.05) is 11.8 Å². The molecule has 1 amide bonds. The van der Waals surface area contributed by atoms with E-state index >= 15 is 0 Å². The van der Waals surface area contributed by atoms with Crippen LogP contribution in [0.4, 0.5) is 5.69 Å². The highest BCUT2D eigenvalue weighted by atomic mass is 16.7. The molecule has 0 fully saturated rings. The predicted molar refractivity (Wildman–Crippen MR) is 108 cm³/mol. The van der Waals surface area contributed by atoms with E-state index in [0.717, 1.165) is 11.1 Å². The zero-order valence-electron chi connectivity index (χ0n) is 17.0. The molecule has 0 saturated carbocycles. The first-order valence-corrected chi connectivity index (χ1v) is 9.47. The summed E-state index contributed by atoms with van der Waals surface area (Å²) in [5, 5.41) is 2.69. The summed E-state index contributed by atoms with van der Waals surface area (Å²) in [7, 11) is 0. The molecule has 0 radical (unpaired) electrons. The fourth-order valence-corrected chi connectivity index (χ4v) is 2.77. The summed E-state index contributed by atoms with van der Waals surface area (Å²) in [4.78, 5) is 24.4. The third kappa shape index (κ3) is 5.19. The highest BCUT2D eigenvalue weighted by Gasteiger charge is 2.20. The minimum Gasteiger partial charge on any atom is -0.482 e. The van der Waals surface area contributed by atoms with Gasteiger partial charge in [-0.15, -0.1) is 0 Å². The van der Waals surface area contributed by atoms with E-state index in [1.165, 1.54) is 6.92 Å². The summed E-state index contributed by atoms with van der Waals surface area (Å²) in [6.07, 6.45) is -0.973. The monoisotopic (exact) mass is 399 g/mol. The van der Waals surface area contributed by atoms with Gasteiger partial charge in [0.2, 0.25) is 6.79 Å². The van der Waals surface area contributed by atoms with Crippen LogP contribution in [0.15, 0.2) is 36.4 Å². The summed E-state index contributed by atoms with van der Waals surface area (Å²) in [6, 6.07) is 11.0. The van der Waals surface area contributed by atoms with Gasteiger partial charge >= 0.3 is 5.97 Å². The van der Waals surface area contributed by atoms with E-state index in [1.807, 2.05) is 25.1 Å². The molecule has 0 aliphatic carbocycles. The molecule has 1 aliphatic rings. The fourth-order valence-electron chi connectivity index (χ4n) is 2.77. The molecule has 0 bridgehead atoms. The summed E-state index contributed by atoms with van der Waals surface area (Å²) in [5.74, 6) is 1.09. The lowest BCUT2D eigenvalue weighted by molar-refractivity contribution is -0.155. The van der Waals surface area contributed by atoms with Gasteiger partial charge in [-0.3, -0.25) is 4.79 Å². The smallest absolute Gasteiger partial charge is 0.344 e. The molecule has 1 heterocycles. The fraction of sp³-hybridized carbons (Fsp3) is 0.364. The molecular weight excluding hydrogens is 374 g/mol. The Labute approximate surface area is 169 Å². The second-order valence-corrected chi connectivity index (χ2v) is 7.16. The van der Waals surface area contributed by atoms with Gasteiger partial charge in [0.1, 0.15) is 5.75 Å². The lowest BCUT2D eigenvalue weighted by atomic mass is 10.0. The van der Waals surface area contributed by atoms with E-state index in [9.17, 15) is 9.59 Å². The van der Waals surface area contributed by atoms with Crippen LogP contribution in [0.3, 0.4) is 0 Å². The summed E-state index contributed by atoms with van der Waals surface area (Å²) in [5.41, 5.74) is 2.57. The van der Waals surface area contributed by atoms with Crippen molar-refractivity contribution in [2.45, 2.75) is 39.7 Å². The predicted octanol–water partition coefficient (Wildman–Crippen LogP) is 3.80. The van der Waals surface area contributed by atoms with Crippen LogP contribution in [-0.4, -0.2) is 31.4 Å². The van der Waals surface area contributed by atoms with Crippen LogP contribution >= 0.6 is 0 Å². The van der Waals surface area contributed by atoms with Crippen LogP contribution in [-0.2, 0) is 14.3 Å². The van der Waals surface area contributed by atoms with Crippen LogP contribution in [0.2, 0.25) is 0 Å². The third-order valence-corrected chi connectivity index (χ3v) is 4.54. The van der Waals surface area contributed by atoms with Crippen molar-refractivity contribution in [2.24, 2.45) is 0 Å². The number of aryl methyl sites for hydroxylation is 1. The Hall–Kier alpha value is -3.22. The van der Waals surface area contributed by atoms with Gasteiger partial charge in [0.15, 0.2) is 24.2 Å². The van der Waals surface area contributed by atoms with Gasteiger partial charge in [0.05, 0.1) is 0 Å². The molecule has 29 heavy (non-hydrogen) atoms.